The maximum Gasteiger partial charge on any atom is 0.335 e. The molecule has 1 amide bonds. The van der Waals surface area contributed by atoms with Crippen molar-refractivity contribution in [1.82, 2.24) is 4.90 Å². The molecule has 1 aromatic carbocycles. The number of amides is 1. The third-order valence-electron chi connectivity index (χ3n) is 3.49. The van der Waals surface area contributed by atoms with Gasteiger partial charge in [-0.3, -0.25) is 4.79 Å². The summed E-state index contributed by atoms with van der Waals surface area (Å²) < 4.78 is 0. The number of thiophene rings is 1. The van der Waals surface area contributed by atoms with Crippen LogP contribution < -0.4 is 0 Å². The second-order valence-electron chi connectivity index (χ2n) is 4.99. The molecule has 0 fully saturated rings. The smallest absolute Gasteiger partial charge is 0.335 e. The van der Waals surface area contributed by atoms with E-state index in [1.807, 2.05) is 29.3 Å². The predicted octanol–water partition coefficient (Wildman–Crippen LogP) is 3.43. The average Bonchev–Trinajstić information content (AvgIpc) is 3.03. The van der Waals surface area contributed by atoms with Crippen molar-refractivity contribution < 1.29 is 14.7 Å². The Bertz CT molecular complexity index is 620. The van der Waals surface area contributed by atoms with Gasteiger partial charge in [0, 0.05) is 17.8 Å². The lowest BCUT2D eigenvalue weighted by molar-refractivity contribution is -0.131. The highest BCUT2D eigenvalue weighted by molar-refractivity contribution is 7.09. The molecule has 4 nitrogen and oxygen atoms in total. The lowest BCUT2D eigenvalue weighted by Gasteiger charge is -2.20. The maximum absolute atomic E-state index is 12.3. The summed E-state index contributed by atoms with van der Waals surface area (Å²) in [4.78, 5) is 26.1. The molecule has 0 bridgehead atoms. The fourth-order valence-electron chi connectivity index (χ4n) is 2.19. The van der Waals surface area contributed by atoms with Gasteiger partial charge in [0.2, 0.25) is 5.91 Å². The van der Waals surface area contributed by atoms with Gasteiger partial charge in [-0.25, -0.2) is 4.79 Å². The fourth-order valence-corrected chi connectivity index (χ4v) is 2.91. The lowest BCUT2D eigenvalue weighted by Crippen LogP contribution is -2.30. The Kier molecular flexibility index (Phi) is 5.72. The van der Waals surface area contributed by atoms with Crippen LogP contribution in [0.1, 0.15) is 34.1 Å². The van der Waals surface area contributed by atoms with E-state index in [1.165, 1.54) is 4.88 Å². The largest absolute Gasteiger partial charge is 0.478 e. The minimum absolute atomic E-state index is 0.123. The van der Waals surface area contributed by atoms with E-state index in [0.717, 1.165) is 5.56 Å². The molecule has 2 aromatic rings. The maximum atomic E-state index is 12.3. The quantitative estimate of drug-likeness (QED) is 0.851. The summed E-state index contributed by atoms with van der Waals surface area (Å²) in [6.07, 6.45) is 1.06. The number of hydrogen-bond acceptors (Lipinski definition) is 3. The Morgan fingerprint density at radius 2 is 1.91 bits per heavy atom. The van der Waals surface area contributed by atoms with Crippen LogP contribution in [0.15, 0.2) is 41.8 Å². The first-order valence-electron chi connectivity index (χ1n) is 7.22. The molecule has 0 atom stereocenters. The number of hydrogen-bond donors (Lipinski definition) is 1. The lowest BCUT2D eigenvalue weighted by atomic mass is 10.1. The summed E-state index contributed by atoms with van der Waals surface area (Å²) >= 11 is 1.65. The third kappa shape index (κ3) is 4.43. The van der Waals surface area contributed by atoms with E-state index < -0.39 is 5.97 Å². The van der Waals surface area contributed by atoms with Gasteiger partial charge in [-0.15, -0.1) is 11.3 Å². The molecule has 116 valence electrons. The molecule has 1 heterocycles. The van der Waals surface area contributed by atoms with Crippen LogP contribution in [-0.4, -0.2) is 28.4 Å². The predicted molar refractivity (Wildman–Crippen MR) is 87.1 cm³/mol. The van der Waals surface area contributed by atoms with Gasteiger partial charge in [0.25, 0.3) is 0 Å². The highest BCUT2D eigenvalue weighted by Crippen LogP contribution is 2.14. The Balaban J connectivity index is 1.89. The zero-order chi connectivity index (χ0) is 15.9. The summed E-state index contributed by atoms with van der Waals surface area (Å²) in [5, 5.41) is 10.9. The van der Waals surface area contributed by atoms with Crippen molar-refractivity contribution in [3.8, 4) is 0 Å². The van der Waals surface area contributed by atoms with E-state index in [1.54, 1.807) is 35.6 Å². The Morgan fingerprint density at radius 3 is 2.45 bits per heavy atom. The van der Waals surface area contributed by atoms with E-state index in [9.17, 15) is 9.59 Å². The van der Waals surface area contributed by atoms with Crippen molar-refractivity contribution in [2.45, 2.75) is 26.3 Å². The SMILES string of the molecule is CCN(Cc1cccs1)C(=O)CCc1ccc(C(=O)O)cc1. The second kappa shape index (κ2) is 7.75. The molecule has 5 heteroatoms. The highest BCUT2D eigenvalue weighted by atomic mass is 32.1. The Morgan fingerprint density at radius 1 is 1.18 bits per heavy atom. The molecule has 0 radical (unpaired) electrons. The minimum Gasteiger partial charge on any atom is -0.478 e. The monoisotopic (exact) mass is 317 g/mol. The number of carbonyl (C=O) groups excluding carboxylic acids is 1. The van der Waals surface area contributed by atoms with Crippen LogP contribution in [0.2, 0.25) is 0 Å². The van der Waals surface area contributed by atoms with Crippen LogP contribution in [0, 0.1) is 0 Å². The van der Waals surface area contributed by atoms with Crippen molar-refractivity contribution >= 4 is 23.2 Å². The molecule has 0 unspecified atom stereocenters. The normalized spacial score (nSPS) is 10.4. The first kappa shape index (κ1) is 16.2. The number of rotatable bonds is 7. The summed E-state index contributed by atoms with van der Waals surface area (Å²) in [7, 11) is 0. The molecule has 1 N–H and O–H groups in total. The van der Waals surface area contributed by atoms with Crippen LogP contribution >= 0.6 is 11.3 Å². The van der Waals surface area contributed by atoms with E-state index in [0.29, 0.717) is 25.9 Å². The van der Waals surface area contributed by atoms with Crippen LogP contribution in [0.4, 0.5) is 0 Å². The number of carboxylic acid groups (broad SMARTS) is 1. The Hall–Kier alpha value is -2.14. The van der Waals surface area contributed by atoms with Gasteiger partial charge < -0.3 is 10.0 Å². The van der Waals surface area contributed by atoms with Crippen molar-refractivity contribution in [3.63, 3.8) is 0 Å². The molecule has 0 aliphatic carbocycles. The van der Waals surface area contributed by atoms with Crippen molar-refractivity contribution in [3.05, 3.63) is 57.8 Å². The average molecular weight is 317 g/mol. The minimum atomic E-state index is -0.935. The van der Waals surface area contributed by atoms with Crippen molar-refractivity contribution in [2.24, 2.45) is 0 Å². The second-order valence-corrected chi connectivity index (χ2v) is 6.02. The first-order chi connectivity index (χ1) is 10.6. The number of benzene rings is 1. The highest BCUT2D eigenvalue weighted by Gasteiger charge is 2.12. The number of nitrogens with zero attached hydrogens (tertiary/aromatic N) is 1. The van der Waals surface area contributed by atoms with Crippen LogP contribution in [0.25, 0.3) is 0 Å². The Labute approximate surface area is 134 Å². The standard InChI is InChI=1S/C17H19NO3S/c1-2-18(12-15-4-3-11-22-15)16(19)10-7-13-5-8-14(9-6-13)17(20)21/h3-6,8-9,11H,2,7,10,12H2,1H3,(H,20,21). The van der Waals surface area contributed by atoms with Crippen molar-refractivity contribution in [2.75, 3.05) is 6.54 Å². The van der Waals surface area contributed by atoms with Crippen LogP contribution in [0.3, 0.4) is 0 Å². The van der Waals surface area contributed by atoms with Gasteiger partial charge >= 0.3 is 5.97 Å². The summed E-state index contributed by atoms with van der Waals surface area (Å²) in [5.74, 6) is -0.811. The first-order valence-corrected chi connectivity index (χ1v) is 8.10. The molecule has 22 heavy (non-hydrogen) atoms. The van der Waals surface area contributed by atoms with Gasteiger partial charge in [-0.2, -0.15) is 0 Å². The fraction of sp³-hybridized carbons (Fsp3) is 0.294. The van der Waals surface area contributed by atoms with E-state index in [4.69, 9.17) is 5.11 Å². The topological polar surface area (TPSA) is 57.6 Å². The number of carbonyl (C=O) groups is 2. The van der Waals surface area contributed by atoms with Crippen LogP contribution in [-0.2, 0) is 17.8 Å². The van der Waals surface area contributed by atoms with E-state index in [2.05, 4.69) is 0 Å². The van der Waals surface area contributed by atoms with Crippen molar-refractivity contribution in [1.29, 1.82) is 0 Å². The summed E-state index contributed by atoms with van der Waals surface area (Å²) in [6.45, 7) is 3.33. The van der Waals surface area contributed by atoms with Gasteiger partial charge in [0.05, 0.1) is 12.1 Å². The zero-order valence-electron chi connectivity index (χ0n) is 12.5. The van der Waals surface area contributed by atoms with E-state index in [-0.39, 0.29) is 11.5 Å². The van der Waals surface area contributed by atoms with Gasteiger partial charge in [0.1, 0.15) is 0 Å². The number of aromatic carboxylic acids is 1. The molecule has 2 rings (SSSR count). The van der Waals surface area contributed by atoms with Crippen LogP contribution in [0.5, 0.6) is 0 Å². The molecule has 0 saturated carbocycles. The molecule has 0 aliphatic rings. The van der Waals surface area contributed by atoms with Gasteiger partial charge in [0.15, 0.2) is 0 Å². The third-order valence-corrected chi connectivity index (χ3v) is 4.35. The summed E-state index contributed by atoms with van der Waals surface area (Å²) in [6, 6.07) is 10.7. The molecular weight excluding hydrogens is 298 g/mol. The number of aryl methyl sites for hydroxylation is 1. The molecule has 0 spiro atoms. The van der Waals surface area contributed by atoms with Gasteiger partial charge in [-0.05, 0) is 42.5 Å². The van der Waals surface area contributed by atoms with Gasteiger partial charge in [-0.1, -0.05) is 18.2 Å². The molecule has 0 saturated heterocycles. The van der Waals surface area contributed by atoms with E-state index >= 15 is 0 Å². The molecule has 1 aromatic heterocycles. The number of carboxylic acids is 1. The molecular formula is C17H19NO3S. The zero-order valence-corrected chi connectivity index (χ0v) is 13.3. The summed E-state index contributed by atoms with van der Waals surface area (Å²) in [5.41, 5.74) is 1.24. The molecule has 0 aliphatic heterocycles.